The number of piperidine rings is 3. The van der Waals surface area contributed by atoms with Crippen molar-refractivity contribution < 1.29 is 9.59 Å². The standard InChI is InChI=1S/C21H37N5O2/c1-2-23-8-10-24(11-9-23)7-6-22-20(27)16-25-13-17-12-18(15-25)19-4-3-5-21(28)26(19)14-17/h17-19H,2-16H2,1H3,(H,22,27)/t17-,18-,19-/m1/s1. The zero-order chi connectivity index (χ0) is 19.5. The number of fused-ring (bicyclic) bond motifs is 4. The quantitative estimate of drug-likeness (QED) is 0.695. The molecule has 3 atom stereocenters. The number of nitrogens with zero attached hydrogens (tertiary/aromatic N) is 4. The number of amides is 2. The van der Waals surface area contributed by atoms with Gasteiger partial charge in [0.15, 0.2) is 0 Å². The predicted molar refractivity (Wildman–Crippen MR) is 109 cm³/mol. The molecule has 2 bridgehead atoms. The van der Waals surface area contributed by atoms with Gasteiger partial charge in [0.2, 0.25) is 11.8 Å². The molecule has 158 valence electrons. The van der Waals surface area contributed by atoms with Crippen molar-refractivity contribution in [1.29, 1.82) is 0 Å². The molecule has 4 saturated heterocycles. The zero-order valence-corrected chi connectivity index (χ0v) is 17.4. The second-order valence-corrected chi connectivity index (χ2v) is 9.19. The van der Waals surface area contributed by atoms with E-state index in [-0.39, 0.29) is 5.91 Å². The molecule has 7 nitrogen and oxygen atoms in total. The zero-order valence-electron chi connectivity index (χ0n) is 17.4. The van der Waals surface area contributed by atoms with Gasteiger partial charge in [-0.15, -0.1) is 0 Å². The van der Waals surface area contributed by atoms with Gasteiger partial charge in [0.05, 0.1) is 6.54 Å². The number of carbonyl (C=O) groups excluding carboxylic acids is 2. The molecule has 0 unspecified atom stereocenters. The molecule has 2 amide bonds. The Labute approximate surface area is 169 Å². The second kappa shape index (κ2) is 9.09. The van der Waals surface area contributed by atoms with Crippen LogP contribution in [0.5, 0.6) is 0 Å². The summed E-state index contributed by atoms with van der Waals surface area (Å²) in [5.74, 6) is 1.61. The van der Waals surface area contributed by atoms with Crippen molar-refractivity contribution in [2.45, 2.75) is 38.6 Å². The van der Waals surface area contributed by atoms with E-state index in [1.165, 1.54) is 6.42 Å². The Hall–Kier alpha value is -1.18. The highest BCUT2D eigenvalue weighted by atomic mass is 16.2. The topological polar surface area (TPSA) is 59.1 Å². The maximum Gasteiger partial charge on any atom is 0.234 e. The Balaban J connectivity index is 1.18. The number of hydrogen-bond acceptors (Lipinski definition) is 5. The third-order valence-electron chi connectivity index (χ3n) is 7.28. The number of nitrogens with one attached hydrogen (secondary N) is 1. The molecule has 0 saturated carbocycles. The minimum atomic E-state index is 0.156. The van der Waals surface area contributed by atoms with Crippen LogP contribution >= 0.6 is 0 Å². The molecular weight excluding hydrogens is 354 g/mol. The average molecular weight is 392 g/mol. The summed E-state index contributed by atoms with van der Waals surface area (Å²) in [5.41, 5.74) is 0. The van der Waals surface area contributed by atoms with Crippen LogP contribution in [0.25, 0.3) is 0 Å². The van der Waals surface area contributed by atoms with Gasteiger partial charge in [0.25, 0.3) is 0 Å². The van der Waals surface area contributed by atoms with Crippen LogP contribution in [0, 0.1) is 11.8 Å². The first-order valence-electron chi connectivity index (χ1n) is 11.4. The lowest BCUT2D eigenvalue weighted by Gasteiger charge is -2.52. The van der Waals surface area contributed by atoms with E-state index in [2.05, 4.69) is 31.8 Å². The van der Waals surface area contributed by atoms with Gasteiger partial charge in [-0.2, -0.15) is 0 Å². The smallest absolute Gasteiger partial charge is 0.234 e. The molecule has 4 aliphatic rings. The molecule has 28 heavy (non-hydrogen) atoms. The summed E-state index contributed by atoms with van der Waals surface area (Å²) in [6.45, 7) is 12.9. The molecule has 4 fully saturated rings. The second-order valence-electron chi connectivity index (χ2n) is 9.19. The summed E-state index contributed by atoms with van der Waals surface area (Å²) in [5, 5.41) is 3.13. The van der Waals surface area contributed by atoms with Crippen molar-refractivity contribution in [3.05, 3.63) is 0 Å². The summed E-state index contributed by atoms with van der Waals surface area (Å²) in [7, 11) is 0. The van der Waals surface area contributed by atoms with Gasteiger partial charge in [-0.3, -0.25) is 19.4 Å². The van der Waals surface area contributed by atoms with Gasteiger partial charge in [0.1, 0.15) is 0 Å². The normalized spacial score (nSPS) is 32.2. The third kappa shape index (κ3) is 4.69. The van der Waals surface area contributed by atoms with Gasteiger partial charge >= 0.3 is 0 Å². The van der Waals surface area contributed by atoms with Crippen LogP contribution in [0.15, 0.2) is 0 Å². The Morgan fingerprint density at radius 1 is 1.07 bits per heavy atom. The number of rotatable bonds is 6. The fourth-order valence-corrected chi connectivity index (χ4v) is 5.78. The summed E-state index contributed by atoms with van der Waals surface area (Å²) < 4.78 is 0. The van der Waals surface area contributed by atoms with Crippen LogP contribution < -0.4 is 5.32 Å². The highest BCUT2D eigenvalue weighted by molar-refractivity contribution is 5.78. The number of piperazine rings is 1. The number of hydrogen-bond donors (Lipinski definition) is 1. The Kier molecular flexibility index (Phi) is 6.53. The minimum absolute atomic E-state index is 0.156. The van der Waals surface area contributed by atoms with E-state index >= 15 is 0 Å². The summed E-state index contributed by atoms with van der Waals surface area (Å²) in [4.78, 5) is 34.1. The molecule has 0 aromatic rings. The lowest BCUT2D eigenvalue weighted by Crippen LogP contribution is -2.61. The van der Waals surface area contributed by atoms with Crippen molar-refractivity contribution >= 4 is 11.8 Å². The van der Waals surface area contributed by atoms with E-state index < -0.39 is 0 Å². The number of carbonyl (C=O) groups is 2. The first-order valence-corrected chi connectivity index (χ1v) is 11.4. The Morgan fingerprint density at radius 2 is 1.86 bits per heavy atom. The van der Waals surface area contributed by atoms with Gasteiger partial charge in [-0.1, -0.05) is 6.92 Å². The van der Waals surface area contributed by atoms with E-state index in [9.17, 15) is 9.59 Å². The maximum atomic E-state index is 12.5. The van der Waals surface area contributed by atoms with Gasteiger partial charge in [0, 0.05) is 71.4 Å². The van der Waals surface area contributed by atoms with E-state index in [1.54, 1.807) is 0 Å². The highest BCUT2D eigenvalue weighted by Crippen LogP contribution is 2.37. The molecule has 4 aliphatic heterocycles. The molecule has 0 aliphatic carbocycles. The van der Waals surface area contributed by atoms with Crippen molar-refractivity contribution in [1.82, 2.24) is 24.9 Å². The van der Waals surface area contributed by atoms with Crippen LogP contribution in [-0.4, -0.2) is 109 Å². The lowest BCUT2D eigenvalue weighted by molar-refractivity contribution is -0.145. The number of likely N-dealkylation sites (tertiary alicyclic amines) is 1. The molecule has 4 heterocycles. The SMILES string of the molecule is CCN1CCN(CCNC(=O)CN2C[C@H]3C[C@H](C2)[C@H]2CCCC(=O)N2C3)CC1. The monoisotopic (exact) mass is 391 g/mol. The van der Waals surface area contributed by atoms with Gasteiger partial charge in [-0.25, -0.2) is 0 Å². The van der Waals surface area contributed by atoms with E-state index in [0.717, 1.165) is 84.7 Å². The first kappa shape index (κ1) is 20.1. The first-order chi connectivity index (χ1) is 13.6. The molecule has 4 rings (SSSR count). The van der Waals surface area contributed by atoms with Crippen molar-refractivity contribution in [3.8, 4) is 0 Å². The van der Waals surface area contributed by atoms with Gasteiger partial charge in [-0.05, 0) is 37.6 Å². The molecule has 0 aromatic carbocycles. The van der Waals surface area contributed by atoms with E-state index in [0.29, 0.717) is 30.3 Å². The van der Waals surface area contributed by atoms with Crippen molar-refractivity contribution in [2.75, 3.05) is 72.0 Å². The van der Waals surface area contributed by atoms with Gasteiger partial charge < -0.3 is 15.1 Å². The van der Waals surface area contributed by atoms with Crippen LogP contribution in [0.1, 0.15) is 32.6 Å². The van der Waals surface area contributed by atoms with Crippen LogP contribution in [0.2, 0.25) is 0 Å². The Bertz CT molecular complexity index is 563. The molecule has 0 radical (unpaired) electrons. The van der Waals surface area contributed by atoms with Crippen LogP contribution in [0.4, 0.5) is 0 Å². The molecule has 0 aromatic heterocycles. The predicted octanol–water partition coefficient (Wildman–Crippen LogP) is 0.0729. The number of likely N-dealkylation sites (N-methyl/N-ethyl adjacent to an activating group) is 1. The Morgan fingerprint density at radius 3 is 2.64 bits per heavy atom. The van der Waals surface area contributed by atoms with E-state index in [1.807, 2.05) is 0 Å². The summed E-state index contributed by atoms with van der Waals surface area (Å²) in [6.07, 6.45) is 4.15. The van der Waals surface area contributed by atoms with Crippen molar-refractivity contribution in [3.63, 3.8) is 0 Å². The molecule has 7 heteroatoms. The highest BCUT2D eigenvalue weighted by Gasteiger charge is 2.44. The fraction of sp³-hybridized carbons (Fsp3) is 0.905. The molecule has 0 spiro atoms. The fourth-order valence-electron chi connectivity index (χ4n) is 5.78. The molecule has 1 N–H and O–H groups in total. The van der Waals surface area contributed by atoms with E-state index in [4.69, 9.17) is 0 Å². The molecular formula is C21H37N5O2. The largest absolute Gasteiger partial charge is 0.354 e. The average Bonchev–Trinajstić information content (AvgIpc) is 2.69. The lowest BCUT2D eigenvalue weighted by atomic mass is 9.76. The summed E-state index contributed by atoms with van der Waals surface area (Å²) in [6, 6.07) is 0.421. The minimum Gasteiger partial charge on any atom is -0.354 e. The van der Waals surface area contributed by atoms with Crippen LogP contribution in [-0.2, 0) is 9.59 Å². The summed E-state index contributed by atoms with van der Waals surface area (Å²) >= 11 is 0. The third-order valence-corrected chi connectivity index (χ3v) is 7.28. The van der Waals surface area contributed by atoms with Crippen LogP contribution in [0.3, 0.4) is 0 Å². The van der Waals surface area contributed by atoms with Crippen molar-refractivity contribution in [2.24, 2.45) is 11.8 Å². The maximum absolute atomic E-state index is 12.5.